The summed E-state index contributed by atoms with van der Waals surface area (Å²) in [7, 11) is 0. The zero-order chi connectivity index (χ0) is 12.2. The molecule has 0 aromatic heterocycles. The van der Waals surface area contributed by atoms with Gasteiger partial charge in [-0.05, 0) is 37.3 Å². The summed E-state index contributed by atoms with van der Waals surface area (Å²) in [5, 5.41) is 3.68. The third kappa shape index (κ3) is 4.84. The molecule has 1 aliphatic heterocycles. The van der Waals surface area contributed by atoms with Crippen LogP contribution in [-0.4, -0.2) is 37.1 Å². The van der Waals surface area contributed by atoms with Gasteiger partial charge in [-0.3, -0.25) is 0 Å². The van der Waals surface area contributed by atoms with E-state index < -0.39 is 0 Å². The van der Waals surface area contributed by atoms with E-state index in [1.54, 1.807) is 0 Å². The first-order valence-electron chi connectivity index (χ1n) is 6.88. The van der Waals surface area contributed by atoms with Gasteiger partial charge in [-0.1, -0.05) is 34.6 Å². The fourth-order valence-corrected chi connectivity index (χ4v) is 2.68. The van der Waals surface area contributed by atoms with Crippen LogP contribution in [0.4, 0.5) is 0 Å². The van der Waals surface area contributed by atoms with Crippen molar-refractivity contribution in [3.63, 3.8) is 0 Å². The highest BCUT2D eigenvalue weighted by Crippen LogP contribution is 2.22. The first kappa shape index (κ1) is 14.0. The summed E-state index contributed by atoms with van der Waals surface area (Å²) < 4.78 is 0. The second-order valence-corrected chi connectivity index (χ2v) is 6.62. The van der Waals surface area contributed by atoms with E-state index in [0.717, 1.165) is 12.0 Å². The van der Waals surface area contributed by atoms with Gasteiger partial charge in [0, 0.05) is 19.1 Å². The Hall–Kier alpha value is -0.0800. The lowest BCUT2D eigenvalue weighted by molar-refractivity contribution is 0.110. The van der Waals surface area contributed by atoms with Gasteiger partial charge in [0.15, 0.2) is 0 Å². The molecule has 0 aliphatic carbocycles. The smallest absolute Gasteiger partial charge is 0.0117 e. The standard InChI is InChI=1S/C14H30N2/c1-6-8-15-13-7-9-16(10-12(13)2)11-14(3,4)5/h12-13,15H,6-11H2,1-5H3. The molecular weight excluding hydrogens is 196 g/mol. The zero-order valence-electron chi connectivity index (χ0n) is 11.8. The maximum Gasteiger partial charge on any atom is 0.0117 e. The second-order valence-electron chi connectivity index (χ2n) is 6.62. The summed E-state index contributed by atoms with van der Waals surface area (Å²) in [5.74, 6) is 0.794. The van der Waals surface area contributed by atoms with Crippen molar-refractivity contribution < 1.29 is 0 Å². The monoisotopic (exact) mass is 226 g/mol. The fraction of sp³-hybridized carbons (Fsp3) is 1.00. The van der Waals surface area contributed by atoms with Crippen LogP contribution in [0.25, 0.3) is 0 Å². The highest BCUT2D eigenvalue weighted by Gasteiger charge is 2.27. The highest BCUT2D eigenvalue weighted by atomic mass is 15.2. The van der Waals surface area contributed by atoms with Crippen molar-refractivity contribution >= 4 is 0 Å². The number of rotatable bonds is 4. The van der Waals surface area contributed by atoms with Crippen molar-refractivity contribution in [2.75, 3.05) is 26.2 Å². The summed E-state index contributed by atoms with van der Waals surface area (Å²) in [6.07, 6.45) is 2.56. The van der Waals surface area contributed by atoms with Gasteiger partial charge in [-0.2, -0.15) is 0 Å². The molecule has 0 spiro atoms. The van der Waals surface area contributed by atoms with Crippen molar-refractivity contribution in [2.45, 2.75) is 53.5 Å². The van der Waals surface area contributed by atoms with Crippen molar-refractivity contribution in [1.29, 1.82) is 0 Å². The normalized spacial score (nSPS) is 28.3. The van der Waals surface area contributed by atoms with Gasteiger partial charge >= 0.3 is 0 Å². The molecule has 2 nitrogen and oxygen atoms in total. The minimum absolute atomic E-state index is 0.434. The molecule has 0 saturated carbocycles. The average molecular weight is 226 g/mol. The van der Waals surface area contributed by atoms with Crippen molar-refractivity contribution in [3.8, 4) is 0 Å². The topological polar surface area (TPSA) is 15.3 Å². The molecule has 0 amide bonds. The number of hydrogen-bond donors (Lipinski definition) is 1. The van der Waals surface area contributed by atoms with E-state index in [1.165, 1.54) is 39.0 Å². The molecular formula is C14H30N2. The Morgan fingerprint density at radius 2 is 2.00 bits per heavy atom. The summed E-state index contributed by atoms with van der Waals surface area (Å²) in [6, 6.07) is 0.746. The third-order valence-corrected chi connectivity index (χ3v) is 3.34. The van der Waals surface area contributed by atoms with Crippen LogP contribution in [-0.2, 0) is 0 Å². The first-order valence-corrected chi connectivity index (χ1v) is 6.88. The predicted molar refractivity (Wildman–Crippen MR) is 71.8 cm³/mol. The minimum Gasteiger partial charge on any atom is -0.314 e. The Morgan fingerprint density at radius 1 is 1.31 bits per heavy atom. The molecule has 96 valence electrons. The Bertz CT molecular complexity index is 195. The number of hydrogen-bond acceptors (Lipinski definition) is 2. The maximum absolute atomic E-state index is 3.68. The van der Waals surface area contributed by atoms with Crippen molar-refractivity contribution in [2.24, 2.45) is 11.3 Å². The summed E-state index contributed by atoms with van der Waals surface area (Å²) >= 11 is 0. The number of likely N-dealkylation sites (tertiary alicyclic amines) is 1. The molecule has 1 N–H and O–H groups in total. The molecule has 0 aromatic rings. The van der Waals surface area contributed by atoms with Crippen LogP contribution in [0.5, 0.6) is 0 Å². The lowest BCUT2D eigenvalue weighted by Gasteiger charge is -2.40. The molecule has 0 radical (unpaired) electrons. The van der Waals surface area contributed by atoms with Gasteiger partial charge in [-0.15, -0.1) is 0 Å². The lowest BCUT2D eigenvalue weighted by Crippen LogP contribution is -2.50. The van der Waals surface area contributed by atoms with Crippen molar-refractivity contribution in [1.82, 2.24) is 10.2 Å². The molecule has 2 heteroatoms. The number of piperidine rings is 1. The lowest BCUT2D eigenvalue weighted by atomic mass is 9.90. The summed E-state index contributed by atoms with van der Waals surface area (Å²) in [4.78, 5) is 2.63. The molecule has 1 fully saturated rings. The summed E-state index contributed by atoms with van der Waals surface area (Å²) in [6.45, 7) is 16.6. The van der Waals surface area contributed by atoms with Crippen LogP contribution in [0.2, 0.25) is 0 Å². The quantitative estimate of drug-likeness (QED) is 0.793. The highest BCUT2D eigenvalue weighted by molar-refractivity contribution is 4.84. The van der Waals surface area contributed by atoms with E-state index in [-0.39, 0.29) is 0 Å². The Labute approximate surface area is 102 Å². The van der Waals surface area contributed by atoms with Gasteiger partial charge in [-0.25, -0.2) is 0 Å². The van der Waals surface area contributed by atoms with E-state index in [9.17, 15) is 0 Å². The van der Waals surface area contributed by atoms with Crippen LogP contribution < -0.4 is 5.32 Å². The van der Waals surface area contributed by atoms with E-state index in [2.05, 4.69) is 44.8 Å². The third-order valence-electron chi connectivity index (χ3n) is 3.34. The number of nitrogens with zero attached hydrogens (tertiary/aromatic N) is 1. The van der Waals surface area contributed by atoms with Crippen LogP contribution >= 0.6 is 0 Å². The van der Waals surface area contributed by atoms with Gasteiger partial charge in [0.25, 0.3) is 0 Å². The van der Waals surface area contributed by atoms with Crippen LogP contribution in [0, 0.1) is 11.3 Å². The van der Waals surface area contributed by atoms with Crippen LogP contribution in [0.15, 0.2) is 0 Å². The average Bonchev–Trinajstić information content (AvgIpc) is 2.14. The Balaban J connectivity index is 2.33. The first-order chi connectivity index (χ1) is 7.42. The van der Waals surface area contributed by atoms with Gasteiger partial charge < -0.3 is 10.2 Å². The molecule has 2 unspecified atom stereocenters. The van der Waals surface area contributed by atoms with Crippen LogP contribution in [0.1, 0.15) is 47.5 Å². The van der Waals surface area contributed by atoms with E-state index >= 15 is 0 Å². The van der Waals surface area contributed by atoms with E-state index in [1.807, 2.05) is 0 Å². The largest absolute Gasteiger partial charge is 0.314 e. The Morgan fingerprint density at radius 3 is 2.50 bits per heavy atom. The molecule has 2 atom stereocenters. The van der Waals surface area contributed by atoms with E-state index in [0.29, 0.717) is 5.41 Å². The zero-order valence-corrected chi connectivity index (χ0v) is 11.8. The van der Waals surface area contributed by atoms with Gasteiger partial charge in [0.05, 0.1) is 0 Å². The SMILES string of the molecule is CCCNC1CCN(CC(C)(C)C)CC1C. The van der Waals surface area contributed by atoms with Crippen molar-refractivity contribution in [3.05, 3.63) is 0 Å². The second kappa shape index (κ2) is 6.02. The van der Waals surface area contributed by atoms with Gasteiger partial charge in [0.1, 0.15) is 0 Å². The molecule has 1 aliphatic rings. The fourth-order valence-electron chi connectivity index (χ4n) is 2.68. The number of nitrogens with one attached hydrogen (secondary N) is 1. The molecule has 0 bridgehead atoms. The molecule has 0 aromatic carbocycles. The predicted octanol–water partition coefficient (Wildman–Crippen LogP) is 2.74. The summed E-state index contributed by atoms with van der Waals surface area (Å²) in [5.41, 5.74) is 0.434. The molecule has 16 heavy (non-hydrogen) atoms. The Kier molecular flexibility index (Phi) is 5.26. The van der Waals surface area contributed by atoms with Crippen LogP contribution in [0.3, 0.4) is 0 Å². The molecule has 1 rings (SSSR count). The van der Waals surface area contributed by atoms with Gasteiger partial charge in [0.2, 0.25) is 0 Å². The molecule has 1 heterocycles. The minimum atomic E-state index is 0.434. The molecule has 1 saturated heterocycles. The maximum atomic E-state index is 3.68. The van der Waals surface area contributed by atoms with E-state index in [4.69, 9.17) is 0 Å².